The molecule has 1 aliphatic heterocycles. The molecule has 0 bridgehead atoms. The second-order valence-corrected chi connectivity index (χ2v) is 5.61. The maximum Gasteiger partial charge on any atom is 0.0690 e. The molecule has 3 rings (SSSR count). The lowest BCUT2D eigenvalue weighted by molar-refractivity contribution is -0.175. The molecule has 16 heavy (non-hydrogen) atoms. The Labute approximate surface area is 97.9 Å². The van der Waals surface area contributed by atoms with E-state index in [4.69, 9.17) is 9.47 Å². The summed E-state index contributed by atoms with van der Waals surface area (Å²) >= 11 is 0. The van der Waals surface area contributed by atoms with Crippen LogP contribution in [0.25, 0.3) is 0 Å². The van der Waals surface area contributed by atoms with Crippen LogP contribution in [0.3, 0.4) is 0 Å². The first-order chi connectivity index (χ1) is 7.88. The molecule has 3 fully saturated rings. The third-order valence-corrected chi connectivity index (χ3v) is 4.93. The number of ether oxygens (including phenoxy) is 2. The lowest BCUT2D eigenvalue weighted by atomic mass is 9.46. The van der Waals surface area contributed by atoms with E-state index in [1.54, 1.807) is 7.11 Å². The summed E-state index contributed by atoms with van der Waals surface area (Å²) in [5.41, 5.74) is 0.536. The van der Waals surface area contributed by atoms with Gasteiger partial charge in [0.15, 0.2) is 0 Å². The van der Waals surface area contributed by atoms with Gasteiger partial charge >= 0.3 is 0 Å². The van der Waals surface area contributed by atoms with Gasteiger partial charge in [-0.2, -0.15) is 0 Å². The largest absolute Gasteiger partial charge is 0.385 e. The van der Waals surface area contributed by atoms with Crippen molar-refractivity contribution in [3.05, 3.63) is 0 Å². The van der Waals surface area contributed by atoms with Crippen molar-refractivity contribution in [3.8, 4) is 0 Å². The summed E-state index contributed by atoms with van der Waals surface area (Å²) in [6.07, 6.45) is 7.17. The predicted octanol–water partition coefficient (Wildman–Crippen LogP) is 1.57. The van der Waals surface area contributed by atoms with E-state index in [-0.39, 0.29) is 0 Å². The van der Waals surface area contributed by atoms with E-state index in [2.05, 4.69) is 5.32 Å². The highest BCUT2D eigenvalue weighted by atomic mass is 16.5. The average Bonchev–Trinajstić information content (AvgIpc) is 2.61. The fourth-order valence-corrected chi connectivity index (χ4v) is 4.03. The van der Waals surface area contributed by atoms with Gasteiger partial charge < -0.3 is 14.8 Å². The van der Waals surface area contributed by atoms with Gasteiger partial charge in [0, 0.05) is 37.7 Å². The molecule has 0 aromatic heterocycles. The first-order valence-corrected chi connectivity index (χ1v) is 6.72. The zero-order valence-electron chi connectivity index (χ0n) is 10.2. The van der Waals surface area contributed by atoms with Crippen molar-refractivity contribution in [3.63, 3.8) is 0 Å². The molecule has 1 N–H and O–H groups in total. The van der Waals surface area contributed by atoms with Crippen LogP contribution < -0.4 is 5.32 Å². The molecule has 2 saturated carbocycles. The van der Waals surface area contributed by atoms with Crippen molar-refractivity contribution in [1.82, 2.24) is 5.32 Å². The molecule has 1 spiro atoms. The minimum atomic E-state index is 0.536. The Morgan fingerprint density at radius 1 is 1.44 bits per heavy atom. The van der Waals surface area contributed by atoms with Gasteiger partial charge in [0.25, 0.3) is 0 Å². The van der Waals surface area contributed by atoms with Crippen molar-refractivity contribution in [2.45, 2.75) is 44.2 Å². The maximum atomic E-state index is 5.90. The Hall–Kier alpha value is -0.120. The highest BCUT2D eigenvalue weighted by Gasteiger charge is 2.66. The smallest absolute Gasteiger partial charge is 0.0690 e. The van der Waals surface area contributed by atoms with Crippen LogP contribution in [-0.2, 0) is 9.47 Å². The van der Waals surface area contributed by atoms with Gasteiger partial charge in [0.2, 0.25) is 0 Å². The van der Waals surface area contributed by atoms with Crippen LogP contribution in [0, 0.1) is 11.3 Å². The van der Waals surface area contributed by atoms with Crippen molar-refractivity contribution < 1.29 is 9.47 Å². The van der Waals surface area contributed by atoms with Gasteiger partial charge in [-0.1, -0.05) is 6.42 Å². The van der Waals surface area contributed by atoms with Crippen molar-refractivity contribution in [2.75, 3.05) is 26.9 Å². The summed E-state index contributed by atoms with van der Waals surface area (Å²) in [7, 11) is 1.78. The van der Waals surface area contributed by atoms with Crippen LogP contribution in [-0.4, -0.2) is 39.0 Å². The number of fused-ring (bicyclic) bond motifs is 2. The van der Waals surface area contributed by atoms with Crippen molar-refractivity contribution in [2.24, 2.45) is 11.3 Å². The summed E-state index contributed by atoms with van der Waals surface area (Å²) in [6.45, 7) is 2.97. The van der Waals surface area contributed by atoms with Crippen molar-refractivity contribution in [1.29, 1.82) is 0 Å². The van der Waals surface area contributed by atoms with E-state index in [0.717, 1.165) is 38.1 Å². The molecule has 0 amide bonds. The molecule has 3 heteroatoms. The third kappa shape index (κ3) is 1.45. The van der Waals surface area contributed by atoms with E-state index in [0.29, 0.717) is 11.5 Å². The molecule has 1 saturated heterocycles. The fraction of sp³-hybridized carbons (Fsp3) is 1.00. The molecule has 1 heterocycles. The zero-order chi connectivity index (χ0) is 11.0. The van der Waals surface area contributed by atoms with Gasteiger partial charge in [-0.3, -0.25) is 0 Å². The SMILES string of the molecule is COCCCNC1C2CCOC2C12CCC2. The topological polar surface area (TPSA) is 30.5 Å². The molecule has 2 aliphatic carbocycles. The highest BCUT2D eigenvalue weighted by Crippen LogP contribution is 2.62. The first-order valence-electron chi connectivity index (χ1n) is 6.72. The molecule has 3 atom stereocenters. The summed E-state index contributed by atoms with van der Waals surface area (Å²) in [5.74, 6) is 0.808. The molecule has 3 aliphatic rings. The quantitative estimate of drug-likeness (QED) is 0.720. The Morgan fingerprint density at radius 3 is 3.00 bits per heavy atom. The van der Waals surface area contributed by atoms with Gasteiger partial charge in [-0.05, 0) is 32.2 Å². The van der Waals surface area contributed by atoms with Crippen LogP contribution >= 0.6 is 0 Å². The lowest BCUT2D eigenvalue weighted by Crippen LogP contribution is -2.71. The monoisotopic (exact) mass is 225 g/mol. The second-order valence-electron chi connectivity index (χ2n) is 5.61. The summed E-state index contributed by atoms with van der Waals surface area (Å²) < 4.78 is 11.0. The summed E-state index contributed by atoms with van der Waals surface area (Å²) in [6, 6.07) is 0.741. The van der Waals surface area contributed by atoms with E-state index < -0.39 is 0 Å². The molecule has 0 radical (unpaired) electrons. The molecule has 3 nitrogen and oxygen atoms in total. The Bertz CT molecular complexity index is 252. The summed E-state index contributed by atoms with van der Waals surface area (Å²) in [5, 5.41) is 3.76. The third-order valence-electron chi connectivity index (χ3n) is 4.93. The molecular formula is C13H23NO2. The number of hydrogen-bond donors (Lipinski definition) is 1. The van der Waals surface area contributed by atoms with E-state index in [1.807, 2.05) is 0 Å². The molecule has 0 aromatic rings. The highest BCUT2D eigenvalue weighted by molar-refractivity contribution is 5.18. The number of methoxy groups -OCH3 is 1. The van der Waals surface area contributed by atoms with Crippen LogP contribution in [0.2, 0.25) is 0 Å². The maximum absolute atomic E-state index is 5.90. The standard InChI is InChI=1S/C13H23NO2/c1-15-8-3-7-14-11-10-4-9-16-12(10)13(11)5-2-6-13/h10-12,14H,2-9H2,1H3. The second kappa shape index (κ2) is 4.28. The number of rotatable bonds is 5. The van der Waals surface area contributed by atoms with Gasteiger partial charge in [-0.25, -0.2) is 0 Å². The minimum Gasteiger partial charge on any atom is -0.385 e. The summed E-state index contributed by atoms with van der Waals surface area (Å²) in [4.78, 5) is 0. The molecule has 3 unspecified atom stereocenters. The van der Waals surface area contributed by atoms with Crippen LogP contribution in [0.5, 0.6) is 0 Å². The minimum absolute atomic E-state index is 0.536. The lowest BCUT2D eigenvalue weighted by Gasteiger charge is -2.63. The molecule has 92 valence electrons. The van der Waals surface area contributed by atoms with Crippen LogP contribution in [0.15, 0.2) is 0 Å². The molecule has 0 aromatic carbocycles. The Kier molecular flexibility index (Phi) is 2.94. The Balaban J connectivity index is 1.53. The number of hydrogen-bond acceptors (Lipinski definition) is 3. The van der Waals surface area contributed by atoms with E-state index in [9.17, 15) is 0 Å². The van der Waals surface area contributed by atoms with Gasteiger partial charge in [0.05, 0.1) is 6.10 Å². The zero-order valence-corrected chi connectivity index (χ0v) is 10.2. The predicted molar refractivity (Wildman–Crippen MR) is 62.4 cm³/mol. The van der Waals surface area contributed by atoms with Crippen molar-refractivity contribution >= 4 is 0 Å². The number of nitrogens with one attached hydrogen (secondary N) is 1. The fourth-order valence-electron chi connectivity index (χ4n) is 4.03. The van der Waals surface area contributed by atoms with Crippen LogP contribution in [0.4, 0.5) is 0 Å². The molecular weight excluding hydrogens is 202 g/mol. The first kappa shape index (κ1) is 11.0. The Morgan fingerprint density at radius 2 is 2.31 bits per heavy atom. The van der Waals surface area contributed by atoms with Gasteiger partial charge in [-0.15, -0.1) is 0 Å². The van der Waals surface area contributed by atoms with E-state index in [1.165, 1.54) is 25.7 Å². The average molecular weight is 225 g/mol. The normalized spacial score (nSPS) is 39.2. The van der Waals surface area contributed by atoms with Crippen LogP contribution in [0.1, 0.15) is 32.1 Å². The van der Waals surface area contributed by atoms with Gasteiger partial charge in [0.1, 0.15) is 0 Å². The van der Waals surface area contributed by atoms with E-state index >= 15 is 0 Å².